The van der Waals surface area contributed by atoms with Gasteiger partial charge in [-0.3, -0.25) is 14.4 Å². The molecule has 7 heteroatoms. The van der Waals surface area contributed by atoms with E-state index >= 15 is 0 Å². The van der Waals surface area contributed by atoms with Crippen LogP contribution in [0.1, 0.15) is 44.0 Å². The largest absolute Gasteiger partial charge is 0.463 e. The summed E-state index contributed by atoms with van der Waals surface area (Å²) in [6.07, 6.45) is 0.0221. The number of amides is 1. The molecule has 2 rings (SSSR count). The van der Waals surface area contributed by atoms with Gasteiger partial charge in [-0.05, 0) is 26.3 Å². The van der Waals surface area contributed by atoms with Gasteiger partial charge in [-0.25, -0.2) is 0 Å². The zero-order chi connectivity index (χ0) is 19.1. The first-order chi connectivity index (χ1) is 12.4. The molecule has 0 aliphatic rings. The summed E-state index contributed by atoms with van der Waals surface area (Å²) in [6.45, 7) is 5.73. The van der Waals surface area contributed by atoms with Crippen LogP contribution in [0.3, 0.4) is 0 Å². The average molecular weight is 376 g/mol. The standard InChI is InChI=1S/C19H24N2O4S/c1-13(2)25-18(23)11-16(15-7-5-4-6-8-15)20-17(22)9-10-21-14(3)12-26-19(21)24/h4-8,12-13,16H,9-11H2,1-3H3,(H,20,22)/t16-/m0/s1. The van der Waals surface area contributed by atoms with Crippen LogP contribution in [0.15, 0.2) is 40.5 Å². The van der Waals surface area contributed by atoms with Crippen molar-refractivity contribution >= 4 is 23.2 Å². The summed E-state index contributed by atoms with van der Waals surface area (Å²) < 4.78 is 6.78. The number of nitrogens with one attached hydrogen (secondary N) is 1. The Bertz CT molecular complexity index is 795. The molecule has 0 bridgehead atoms. The minimum absolute atomic E-state index is 0.0609. The third kappa shape index (κ3) is 5.84. The minimum atomic E-state index is -0.463. The first-order valence-corrected chi connectivity index (χ1v) is 9.43. The topological polar surface area (TPSA) is 77.4 Å². The van der Waals surface area contributed by atoms with Gasteiger partial charge in [-0.15, -0.1) is 0 Å². The van der Waals surface area contributed by atoms with Crippen LogP contribution in [0.25, 0.3) is 0 Å². The van der Waals surface area contributed by atoms with E-state index in [0.29, 0.717) is 6.54 Å². The predicted molar refractivity (Wildman–Crippen MR) is 101 cm³/mol. The van der Waals surface area contributed by atoms with Gasteiger partial charge in [0.2, 0.25) is 5.91 Å². The molecule has 0 radical (unpaired) electrons. The SMILES string of the molecule is Cc1csc(=O)n1CCC(=O)N[C@@H](CC(=O)OC(C)C)c1ccccc1. The molecule has 1 heterocycles. The highest BCUT2D eigenvalue weighted by Gasteiger charge is 2.20. The van der Waals surface area contributed by atoms with Crippen molar-refractivity contribution in [3.63, 3.8) is 0 Å². The number of carbonyl (C=O) groups is 2. The quantitative estimate of drug-likeness (QED) is 0.719. The van der Waals surface area contributed by atoms with Gasteiger partial charge in [0, 0.05) is 24.0 Å². The number of hydrogen-bond acceptors (Lipinski definition) is 5. The van der Waals surface area contributed by atoms with Gasteiger partial charge in [-0.1, -0.05) is 41.7 Å². The Morgan fingerprint density at radius 1 is 1.23 bits per heavy atom. The van der Waals surface area contributed by atoms with E-state index < -0.39 is 6.04 Å². The lowest BCUT2D eigenvalue weighted by Gasteiger charge is -2.19. The maximum Gasteiger partial charge on any atom is 0.308 e. The van der Waals surface area contributed by atoms with E-state index in [-0.39, 0.29) is 35.7 Å². The third-order valence-corrected chi connectivity index (χ3v) is 4.69. The van der Waals surface area contributed by atoms with Crippen LogP contribution in [-0.4, -0.2) is 22.5 Å². The second-order valence-corrected chi connectivity index (χ2v) is 7.14. The lowest BCUT2D eigenvalue weighted by Crippen LogP contribution is -2.32. The average Bonchev–Trinajstić information content (AvgIpc) is 2.90. The molecule has 1 atom stereocenters. The fraction of sp³-hybridized carbons (Fsp3) is 0.421. The number of aryl methyl sites for hydroxylation is 1. The smallest absolute Gasteiger partial charge is 0.308 e. The molecule has 0 unspecified atom stereocenters. The number of carbonyl (C=O) groups excluding carboxylic acids is 2. The van der Waals surface area contributed by atoms with Crippen molar-refractivity contribution in [2.45, 2.75) is 52.3 Å². The molecule has 0 saturated carbocycles. The van der Waals surface area contributed by atoms with Crippen LogP contribution in [0, 0.1) is 6.92 Å². The summed E-state index contributed by atoms with van der Waals surface area (Å²) in [5.41, 5.74) is 1.68. The molecule has 0 spiro atoms. The molecule has 0 fully saturated rings. The highest BCUT2D eigenvalue weighted by molar-refractivity contribution is 7.07. The number of esters is 1. The van der Waals surface area contributed by atoms with Gasteiger partial charge in [-0.2, -0.15) is 0 Å². The zero-order valence-electron chi connectivity index (χ0n) is 15.2. The second-order valence-electron chi connectivity index (χ2n) is 6.32. The van der Waals surface area contributed by atoms with E-state index in [0.717, 1.165) is 22.6 Å². The second kappa shape index (κ2) is 9.33. The Hall–Kier alpha value is -2.41. The van der Waals surface area contributed by atoms with E-state index in [1.54, 1.807) is 23.8 Å². The molecule has 2 aromatic rings. The highest BCUT2D eigenvalue weighted by Crippen LogP contribution is 2.18. The van der Waals surface area contributed by atoms with Crippen molar-refractivity contribution in [1.29, 1.82) is 0 Å². The molecule has 1 amide bonds. The van der Waals surface area contributed by atoms with Gasteiger partial charge in [0.05, 0.1) is 18.6 Å². The highest BCUT2D eigenvalue weighted by atomic mass is 32.1. The fourth-order valence-electron chi connectivity index (χ4n) is 2.57. The molecule has 140 valence electrons. The summed E-state index contributed by atoms with van der Waals surface area (Å²) in [4.78, 5) is 36.1. The summed E-state index contributed by atoms with van der Waals surface area (Å²) in [5.74, 6) is -0.576. The molecule has 1 aromatic heterocycles. The number of hydrogen-bond donors (Lipinski definition) is 1. The summed E-state index contributed by atoms with van der Waals surface area (Å²) in [5, 5.41) is 4.66. The number of thiazole rings is 1. The molecular weight excluding hydrogens is 352 g/mol. The number of aromatic nitrogens is 1. The maximum atomic E-state index is 12.4. The third-order valence-electron chi connectivity index (χ3n) is 3.81. The van der Waals surface area contributed by atoms with Crippen LogP contribution >= 0.6 is 11.3 Å². The number of rotatable bonds is 8. The Balaban J connectivity index is 2.02. The van der Waals surface area contributed by atoms with Gasteiger partial charge in [0.15, 0.2) is 0 Å². The van der Waals surface area contributed by atoms with Crippen molar-refractivity contribution < 1.29 is 14.3 Å². The Morgan fingerprint density at radius 2 is 1.92 bits per heavy atom. The Morgan fingerprint density at radius 3 is 2.50 bits per heavy atom. The summed E-state index contributed by atoms with van der Waals surface area (Å²) in [6, 6.07) is 8.85. The lowest BCUT2D eigenvalue weighted by molar-refractivity contribution is -0.148. The van der Waals surface area contributed by atoms with Crippen molar-refractivity contribution in [1.82, 2.24) is 9.88 Å². The van der Waals surface area contributed by atoms with E-state index in [4.69, 9.17) is 4.74 Å². The summed E-state index contributed by atoms with van der Waals surface area (Å²) in [7, 11) is 0. The molecule has 0 aliphatic heterocycles. The molecule has 0 aliphatic carbocycles. The van der Waals surface area contributed by atoms with E-state index in [1.807, 2.05) is 37.3 Å². The Kier molecular flexibility index (Phi) is 7.15. The van der Waals surface area contributed by atoms with Crippen LogP contribution in [0.4, 0.5) is 0 Å². The van der Waals surface area contributed by atoms with Crippen molar-refractivity contribution in [3.05, 3.63) is 56.6 Å². The maximum absolute atomic E-state index is 12.4. The number of nitrogens with zero attached hydrogens (tertiary/aromatic N) is 1. The molecular formula is C19H24N2O4S. The lowest BCUT2D eigenvalue weighted by atomic mass is 10.0. The van der Waals surface area contributed by atoms with Gasteiger partial charge in [0.25, 0.3) is 0 Å². The van der Waals surface area contributed by atoms with Crippen LogP contribution in [0.2, 0.25) is 0 Å². The van der Waals surface area contributed by atoms with E-state index in [9.17, 15) is 14.4 Å². The predicted octanol–water partition coefficient (Wildman–Crippen LogP) is 2.81. The number of ether oxygens (including phenoxy) is 1. The zero-order valence-corrected chi connectivity index (χ0v) is 16.0. The molecule has 1 aromatic carbocycles. The molecule has 1 N–H and O–H groups in total. The molecule has 26 heavy (non-hydrogen) atoms. The monoisotopic (exact) mass is 376 g/mol. The van der Waals surface area contributed by atoms with Gasteiger partial charge >= 0.3 is 10.8 Å². The van der Waals surface area contributed by atoms with Crippen molar-refractivity contribution in [2.75, 3.05) is 0 Å². The first-order valence-electron chi connectivity index (χ1n) is 8.55. The molecule has 6 nitrogen and oxygen atoms in total. The first kappa shape index (κ1) is 19.9. The van der Waals surface area contributed by atoms with Crippen LogP contribution in [0.5, 0.6) is 0 Å². The minimum Gasteiger partial charge on any atom is -0.463 e. The van der Waals surface area contributed by atoms with E-state index in [1.165, 1.54) is 0 Å². The fourth-order valence-corrected chi connectivity index (χ4v) is 3.33. The Labute approximate surface area is 156 Å². The van der Waals surface area contributed by atoms with Crippen LogP contribution < -0.4 is 10.2 Å². The summed E-state index contributed by atoms with van der Waals surface area (Å²) >= 11 is 1.12. The van der Waals surface area contributed by atoms with Crippen molar-refractivity contribution in [2.24, 2.45) is 0 Å². The van der Waals surface area contributed by atoms with Crippen molar-refractivity contribution in [3.8, 4) is 0 Å². The van der Waals surface area contributed by atoms with Gasteiger partial charge in [0.1, 0.15) is 0 Å². The molecule has 0 saturated heterocycles. The van der Waals surface area contributed by atoms with Crippen LogP contribution in [-0.2, 0) is 20.9 Å². The van der Waals surface area contributed by atoms with Gasteiger partial charge < -0.3 is 14.6 Å². The normalized spacial score (nSPS) is 12.0. The number of benzene rings is 1. The van der Waals surface area contributed by atoms with E-state index in [2.05, 4.69) is 5.32 Å².